The number of aryl methyl sites for hydroxylation is 1. The Morgan fingerprint density at radius 3 is 2.13 bits per heavy atom. The maximum absolute atomic E-state index is 6.15. The van der Waals surface area contributed by atoms with Crippen molar-refractivity contribution < 1.29 is 22.7 Å². The summed E-state index contributed by atoms with van der Waals surface area (Å²) in [5, 5.41) is 4.30. The first-order valence-electron chi connectivity index (χ1n) is 10.9. The minimum atomic E-state index is -0.511. The van der Waals surface area contributed by atoms with Crippen molar-refractivity contribution in [2.75, 3.05) is 6.61 Å². The molecular formula is C26H31OPPdSi. The van der Waals surface area contributed by atoms with E-state index in [1.807, 2.05) is 0 Å². The van der Waals surface area contributed by atoms with Crippen LogP contribution in [0.1, 0.15) is 31.2 Å². The first-order chi connectivity index (χ1) is 14.7. The van der Waals surface area contributed by atoms with Gasteiger partial charge in [-0.3, -0.25) is 0 Å². The van der Waals surface area contributed by atoms with E-state index >= 15 is 0 Å². The Morgan fingerprint density at radius 2 is 1.50 bits per heavy atom. The summed E-state index contributed by atoms with van der Waals surface area (Å²) < 4.78 is 6.46. The van der Waals surface area contributed by atoms with Gasteiger partial charge in [-0.1, -0.05) is 0 Å². The standard InChI is InChI=1S/C21H20P.C5H11OSi.Pd/c1-2-10-18-11-9-16-21(17-18)22(19-12-5-3-6-13-19)20-14-7-4-8-15-20;7-5-3-1-2-4-6-5;/h3-9,11-17H,1-2,10H2;1-4H2,7H3;. The molecule has 1 unspecified atom stereocenters. The number of hydrogen-bond donors (Lipinski definition) is 0. The maximum atomic E-state index is 6.15. The molecule has 1 saturated heterocycles. The molecule has 1 fully saturated rings. The zero-order chi connectivity index (χ0) is 20.7. The summed E-state index contributed by atoms with van der Waals surface area (Å²) in [6, 6.07) is 31.3. The molecule has 1 atom stereocenters. The van der Waals surface area contributed by atoms with Crippen LogP contribution < -0.4 is 15.9 Å². The van der Waals surface area contributed by atoms with E-state index in [1.54, 1.807) is 0 Å². The first kappa shape index (κ1) is 22.1. The van der Waals surface area contributed by atoms with E-state index in [2.05, 4.69) is 84.9 Å². The van der Waals surface area contributed by atoms with E-state index in [0.717, 1.165) is 24.6 Å². The molecule has 1 aliphatic rings. The van der Waals surface area contributed by atoms with E-state index in [0.29, 0.717) is 3.70 Å². The van der Waals surface area contributed by atoms with Gasteiger partial charge in [0.2, 0.25) is 0 Å². The monoisotopic (exact) mass is 524 g/mol. The fourth-order valence-electron chi connectivity index (χ4n) is 3.91. The minimum absolute atomic E-state index is 0.309. The molecule has 0 bridgehead atoms. The first-order valence-corrected chi connectivity index (χ1v) is 15.1. The van der Waals surface area contributed by atoms with Gasteiger partial charge in [-0.15, -0.1) is 0 Å². The molecule has 0 amide bonds. The third-order valence-electron chi connectivity index (χ3n) is 5.49. The number of ether oxygens (including phenoxy) is 1. The SMILES string of the molecule is [SiH3][C]1([Pd][CH2]CCc2cccc(P(c3ccccc3)c3ccccc3)c2)CCCCO1. The van der Waals surface area contributed by atoms with Crippen molar-refractivity contribution in [3.63, 3.8) is 0 Å². The van der Waals surface area contributed by atoms with Crippen molar-refractivity contribution in [1.29, 1.82) is 0 Å². The summed E-state index contributed by atoms with van der Waals surface area (Å²) in [7, 11) is 0.676. The predicted octanol–water partition coefficient (Wildman–Crippen LogP) is 4.10. The molecule has 1 aliphatic heterocycles. The van der Waals surface area contributed by atoms with Crippen LogP contribution in [0.25, 0.3) is 0 Å². The molecule has 3 aromatic rings. The van der Waals surface area contributed by atoms with Crippen molar-refractivity contribution in [2.45, 2.75) is 40.7 Å². The topological polar surface area (TPSA) is 9.23 Å². The molecule has 1 nitrogen and oxygen atoms in total. The molecule has 1 heterocycles. The van der Waals surface area contributed by atoms with Crippen LogP contribution >= 0.6 is 7.92 Å². The molecule has 0 spiro atoms. The summed E-state index contributed by atoms with van der Waals surface area (Å²) in [6.45, 7) is 0.993. The van der Waals surface area contributed by atoms with Gasteiger partial charge in [-0.05, 0) is 0 Å². The Kier molecular flexibility index (Phi) is 8.11. The van der Waals surface area contributed by atoms with E-state index < -0.39 is 7.92 Å². The van der Waals surface area contributed by atoms with Crippen LogP contribution in [0.5, 0.6) is 0 Å². The second-order valence-electron chi connectivity index (χ2n) is 7.89. The zero-order valence-electron chi connectivity index (χ0n) is 17.7. The van der Waals surface area contributed by atoms with Gasteiger partial charge in [-0.2, -0.15) is 0 Å². The quantitative estimate of drug-likeness (QED) is 0.245. The Bertz CT molecular complexity index is 873. The van der Waals surface area contributed by atoms with Crippen molar-refractivity contribution in [3.8, 4) is 0 Å². The predicted molar refractivity (Wildman–Crippen MR) is 131 cm³/mol. The average Bonchev–Trinajstić information content (AvgIpc) is 2.79. The van der Waals surface area contributed by atoms with Gasteiger partial charge in [0.15, 0.2) is 0 Å². The van der Waals surface area contributed by atoms with E-state index in [1.165, 1.54) is 68.7 Å². The Morgan fingerprint density at radius 1 is 0.833 bits per heavy atom. The Labute approximate surface area is 194 Å². The number of rotatable bonds is 8. The van der Waals surface area contributed by atoms with Gasteiger partial charge in [0.05, 0.1) is 0 Å². The normalized spacial score (nSPS) is 19.4. The zero-order valence-corrected chi connectivity index (χ0v) is 22.2. The van der Waals surface area contributed by atoms with Gasteiger partial charge in [0.25, 0.3) is 0 Å². The van der Waals surface area contributed by atoms with Crippen LogP contribution in [-0.2, 0) is 29.1 Å². The second kappa shape index (κ2) is 11.0. The molecule has 30 heavy (non-hydrogen) atoms. The number of hydrogen-bond acceptors (Lipinski definition) is 1. The van der Waals surface area contributed by atoms with Crippen LogP contribution in [0.3, 0.4) is 0 Å². The summed E-state index contributed by atoms with van der Waals surface area (Å²) in [4.78, 5) is 1.33. The summed E-state index contributed by atoms with van der Waals surface area (Å²) in [5.74, 6) is 0. The van der Waals surface area contributed by atoms with Crippen LogP contribution in [0.4, 0.5) is 0 Å². The molecule has 0 aliphatic carbocycles. The van der Waals surface area contributed by atoms with Crippen molar-refractivity contribution >= 4 is 34.1 Å². The molecule has 160 valence electrons. The summed E-state index contributed by atoms with van der Waals surface area (Å²) in [5.41, 5.74) is 1.48. The summed E-state index contributed by atoms with van der Waals surface area (Å²) >= 11 is 0.759. The molecule has 0 radical (unpaired) electrons. The Hall–Kier alpha value is -1.07. The van der Waals surface area contributed by atoms with E-state index in [4.69, 9.17) is 4.74 Å². The van der Waals surface area contributed by atoms with Crippen LogP contribution in [0, 0.1) is 0 Å². The van der Waals surface area contributed by atoms with Gasteiger partial charge in [0, 0.05) is 0 Å². The third kappa shape index (κ3) is 6.00. The molecule has 3 aromatic carbocycles. The van der Waals surface area contributed by atoms with Crippen molar-refractivity contribution in [2.24, 2.45) is 0 Å². The fraction of sp³-hybridized carbons (Fsp3) is 0.308. The molecule has 0 N–H and O–H groups in total. The van der Waals surface area contributed by atoms with E-state index in [9.17, 15) is 0 Å². The summed E-state index contributed by atoms with van der Waals surface area (Å²) in [6.07, 6.45) is 6.39. The van der Waals surface area contributed by atoms with Crippen LogP contribution in [0.15, 0.2) is 84.9 Å². The molecule has 0 saturated carbocycles. The molecule has 4 rings (SSSR count). The third-order valence-corrected chi connectivity index (χ3v) is 12.7. The van der Waals surface area contributed by atoms with Crippen molar-refractivity contribution in [3.05, 3.63) is 90.5 Å². The van der Waals surface area contributed by atoms with Gasteiger partial charge < -0.3 is 0 Å². The molecule has 0 aromatic heterocycles. The van der Waals surface area contributed by atoms with Crippen molar-refractivity contribution in [1.82, 2.24) is 0 Å². The van der Waals surface area contributed by atoms with Gasteiger partial charge in [0.1, 0.15) is 0 Å². The fourth-order valence-corrected chi connectivity index (χ4v) is 10.0. The van der Waals surface area contributed by atoms with Crippen LogP contribution in [0.2, 0.25) is 4.89 Å². The van der Waals surface area contributed by atoms with Gasteiger partial charge in [-0.25, -0.2) is 0 Å². The van der Waals surface area contributed by atoms with Gasteiger partial charge >= 0.3 is 195 Å². The molecular weight excluding hydrogens is 494 g/mol. The van der Waals surface area contributed by atoms with E-state index in [-0.39, 0.29) is 0 Å². The number of benzene rings is 3. The second-order valence-corrected chi connectivity index (χ2v) is 16.1. The molecule has 4 heteroatoms. The average molecular weight is 525 g/mol. The van der Waals surface area contributed by atoms with Crippen LogP contribution in [-0.4, -0.2) is 20.5 Å². The Balaban J connectivity index is 1.45.